The van der Waals surface area contributed by atoms with E-state index in [2.05, 4.69) is 166 Å². The van der Waals surface area contributed by atoms with Crippen molar-refractivity contribution in [3.8, 4) is 33.4 Å². The third-order valence-corrected chi connectivity index (χ3v) is 10.4. The van der Waals surface area contributed by atoms with E-state index in [1.807, 2.05) is 0 Å². The maximum atomic E-state index is 2.44. The number of hydrogen-bond acceptors (Lipinski definition) is 0. The zero-order chi connectivity index (χ0) is 31.9. The van der Waals surface area contributed by atoms with E-state index in [0.29, 0.717) is 5.92 Å². The van der Waals surface area contributed by atoms with Gasteiger partial charge in [0.05, 0.1) is 0 Å². The number of allylic oxidation sites excluding steroid dienone is 4. The molecule has 7 aromatic carbocycles. The van der Waals surface area contributed by atoms with Crippen LogP contribution < -0.4 is 0 Å². The summed E-state index contributed by atoms with van der Waals surface area (Å²) in [4.78, 5) is 0. The van der Waals surface area contributed by atoms with Gasteiger partial charge in [-0.15, -0.1) is 0 Å². The largest absolute Gasteiger partial charge is 0.0833 e. The number of fused-ring (bicyclic) bond motifs is 3. The van der Waals surface area contributed by atoms with Gasteiger partial charge in [0.25, 0.3) is 0 Å². The van der Waals surface area contributed by atoms with Gasteiger partial charge >= 0.3 is 0 Å². The Bertz CT molecular complexity index is 2300. The molecule has 0 nitrogen and oxygen atoms in total. The highest BCUT2D eigenvalue weighted by atomic mass is 14.2. The first-order chi connectivity index (χ1) is 23.1. The van der Waals surface area contributed by atoms with Gasteiger partial charge in [-0.2, -0.15) is 0 Å². The molecule has 0 radical (unpaired) electrons. The van der Waals surface area contributed by atoms with Crippen LogP contribution in [0.25, 0.3) is 71.3 Å². The van der Waals surface area contributed by atoms with Crippen molar-refractivity contribution >= 4 is 37.9 Å². The van der Waals surface area contributed by atoms with Crippen molar-refractivity contribution < 1.29 is 0 Å². The predicted octanol–water partition coefficient (Wildman–Crippen LogP) is 13.5. The lowest BCUT2D eigenvalue weighted by molar-refractivity contribution is 0.690. The third kappa shape index (κ3) is 5.00. The number of benzene rings is 7. The molecule has 1 aliphatic carbocycles. The van der Waals surface area contributed by atoms with Gasteiger partial charge in [-0.25, -0.2) is 0 Å². The SMILES string of the molecule is CCCc1c(C2=C(C)C(C)CC=C2)cccc1-c1cccc(-c2c3ccccc3c(-c3cccc4ccccc34)c3ccccc23)c1. The standard InChI is InChI=1S/C47H40/c1-4-15-39-38(27-14-28-40(39)36-26-11-16-31(2)32(36)3)34-19-12-20-35(30-34)46-42-22-7-9-24-44(42)47(45-25-10-8-23-43(45)46)41-29-13-18-33-17-5-6-21-37(33)41/h5-14,17-31H,4,15-16H2,1-3H3. The summed E-state index contributed by atoms with van der Waals surface area (Å²) in [6, 6.07) is 49.7. The highest BCUT2D eigenvalue weighted by Gasteiger charge is 2.20. The van der Waals surface area contributed by atoms with Gasteiger partial charge in [0.15, 0.2) is 0 Å². The summed E-state index contributed by atoms with van der Waals surface area (Å²) in [6.07, 6.45) is 8.01. The van der Waals surface area contributed by atoms with Crippen molar-refractivity contribution in [3.63, 3.8) is 0 Å². The van der Waals surface area contributed by atoms with Gasteiger partial charge in [0, 0.05) is 0 Å². The highest BCUT2D eigenvalue weighted by Crippen LogP contribution is 2.46. The molecule has 0 N–H and O–H groups in total. The molecule has 0 aliphatic heterocycles. The Morgan fingerprint density at radius 1 is 0.553 bits per heavy atom. The van der Waals surface area contributed by atoms with Gasteiger partial charge in [0.2, 0.25) is 0 Å². The third-order valence-electron chi connectivity index (χ3n) is 10.4. The second-order valence-corrected chi connectivity index (χ2v) is 13.2. The van der Waals surface area contributed by atoms with Crippen molar-refractivity contribution in [3.05, 3.63) is 162 Å². The minimum atomic E-state index is 0.579. The van der Waals surface area contributed by atoms with Gasteiger partial charge in [-0.3, -0.25) is 0 Å². The average Bonchev–Trinajstić information content (AvgIpc) is 3.12. The summed E-state index contributed by atoms with van der Waals surface area (Å²) in [5.74, 6) is 0.579. The molecule has 0 fully saturated rings. The number of rotatable bonds is 6. The topological polar surface area (TPSA) is 0 Å². The van der Waals surface area contributed by atoms with E-state index in [-0.39, 0.29) is 0 Å². The molecule has 0 aromatic heterocycles. The van der Waals surface area contributed by atoms with E-state index in [9.17, 15) is 0 Å². The van der Waals surface area contributed by atoms with Crippen molar-refractivity contribution in [2.45, 2.75) is 40.0 Å². The summed E-state index contributed by atoms with van der Waals surface area (Å²) >= 11 is 0. The van der Waals surface area contributed by atoms with Crippen LogP contribution in [0.5, 0.6) is 0 Å². The van der Waals surface area contributed by atoms with E-state index in [1.54, 1.807) is 0 Å². The molecule has 0 saturated heterocycles. The Kier molecular flexibility index (Phi) is 7.58. The molecular formula is C47H40. The van der Waals surface area contributed by atoms with Crippen molar-refractivity contribution in [2.24, 2.45) is 5.92 Å². The van der Waals surface area contributed by atoms with Crippen molar-refractivity contribution in [2.75, 3.05) is 0 Å². The van der Waals surface area contributed by atoms with Crippen LogP contribution in [0.4, 0.5) is 0 Å². The molecule has 0 amide bonds. The quantitative estimate of drug-likeness (QED) is 0.166. The van der Waals surface area contributed by atoms with E-state index in [4.69, 9.17) is 0 Å². The molecule has 7 aromatic rings. The highest BCUT2D eigenvalue weighted by molar-refractivity contribution is 6.23. The lowest BCUT2D eigenvalue weighted by atomic mass is 9.81. The molecule has 0 saturated carbocycles. The first-order valence-corrected chi connectivity index (χ1v) is 17.2. The first kappa shape index (κ1) is 29.2. The molecule has 0 heterocycles. The fourth-order valence-electron chi connectivity index (χ4n) is 7.91. The van der Waals surface area contributed by atoms with E-state index in [1.165, 1.54) is 88.0 Å². The Balaban J connectivity index is 1.37. The Hall–Kier alpha value is -5.20. The molecule has 8 rings (SSSR count). The maximum absolute atomic E-state index is 2.44. The van der Waals surface area contributed by atoms with E-state index in [0.717, 1.165) is 19.3 Å². The zero-order valence-corrected chi connectivity index (χ0v) is 27.6. The second kappa shape index (κ2) is 12.2. The second-order valence-electron chi connectivity index (χ2n) is 13.2. The van der Waals surface area contributed by atoms with Crippen molar-refractivity contribution in [1.82, 2.24) is 0 Å². The normalized spacial score (nSPS) is 14.8. The van der Waals surface area contributed by atoms with Gasteiger partial charge < -0.3 is 0 Å². The van der Waals surface area contributed by atoms with Crippen LogP contribution in [0.2, 0.25) is 0 Å². The van der Waals surface area contributed by atoms with E-state index >= 15 is 0 Å². The minimum absolute atomic E-state index is 0.579. The maximum Gasteiger partial charge on any atom is -0.00201 e. The number of hydrogen-bond donors (Lipinski definition) is 0. The summed E-state index contributed by atoms with van der Waals surface area (Å²) in [5.41, 5.74) is 13.5. The van der Waals surface area contributed by atoms with Gasteiger partial charge in [-0.05, 0) is 114 Å². The van der Waals surface area contributed by atoms with Crippen LogP contribution in [0.3, 0.4) is 0 Å². The molecular weight excluding hydrogens is 565 g/mol. The molecule has 0 bridgehead atoms. The molecule has 1 aliphatic rings. The van der Waals surface area contributed by atoms with Crippen LogP contribution in [0, 0.1) is 5.92 Å². The van der Waals surface area contributed by atoms with Crippen LogP contribution in [-0.2, 0) is 6.42 Å². The van der Waals surface area contributed by atoms with Gasteiger partial charge in [0.1, 0.15) is 0 Å². The summed E-state index contributed by atoms with van der Waals surface area (Å²) in [7, 11) is 0. The Labute approximate surface area is 278 Å². The smallest absolute Gasteiger partial charge is 0.00201 e. The monoisotopic (exact) mass is 604 g/mol. The molecule has 0 spiro atoms. The molecule has 47 heavy (non-hydrogen) atoms. The zero-order valence-electron chi connectivity index (χ0n) is 27.6. The Morgan fingerprint density at radius 2 is 1.11 bits per heavy atom. The minimum Gasteiger partial charge on any atom is -0.0833 e. The van der Waals surface area contributed by atoms with Crippen LogP contribution in [0.1, 0.15) is 44.7 Å². The van der Waals surface area contributed by atoms with E-state index < -0.39 is 0 Å². The predicted molar refractivity (Wildman–Crippen MR) is 205 cm³/mol. The fourth-order valence-corrected chi connectivity index (χ4v) is 7.91. The molecule has 1 atom stereocenters. The summed E-state index contributed by atoms with van der Waals surface area (Å²) in [6.45, 7) is 6.98. The van der Waals surface area contributed by atoms with Crippen molar-refractivity contribution in [1.29, 1.82) is 0 Å². The molecule has 228 valence electrons. The molecule has 0 heteroatoms. The summed E-state index contributed by atoms with van der Waals surface area (Å²) < 4.78 is 0. The van der Waals surface area contributed by atoms with Crippen LogP contribution in [-0.4, -0.2) is 0 Å². The lowest BCUT2D eigenvalue weighted by Crippen LogP contribution is -2.05. The van der Waals surface area contributed by atoms with Crippen LogP contribution in [0.15, 0.2) is 151 Å². The lowest BCUT2D eigenvalue weighted by Gasteiger charge is -2.23. The van der Waals surface area contributed by atoms with Crippen LogP contribution >= 0.6 is 0 Å². The summed E-state index contributed by atoms with van der Waals surface area (Å²) in [5, 5.41) is 7.71. The van der Waals surface area contributed by atoms with Gasteiger partial charge in [-0.1, -0.05) is 165 Å². The first-order valence-electron chi connectivity index (χ1n) is 17.2. The fraction of sp³-hybridized carbons (Fsp3) is 0.149. The Morgan fingerprint density at radius 3 is 1.83 bits per heavy atom. The molecule has 1 unspecified atom stereocenters. The average molecular weight is 605 g/mol.